The minimum absolute atomic E-state index is 0.361. The molecule has 0 N–H and O–H groups in total. The Labute approximate surface area is 92.4 Å². The van der Waals surface area contributed by atoms with Gasteiger partial charge in [0.2, 0.25) is 0 Å². The molecule has 2 heterocycles. The van der Waals surface area contributed by atoms with E-state index in [-0.39, 0.29) is 0 Å². The predicted octanol–water partition coefficient (Wildman–Crippen LogP) is 1.89. The number of aromatic nitrogens is 2. The van der Waals surface area contributed by atoms with E-state index in [4.69, 9.17) is 10.5 Å². The predicted molar refractivity (Wildman–Crippen MR) is 56.9 cm³/mol. The van der Waals surface area contributed by atoms with E-state index in [2.05, 4.69) is 9.97 Å². The van der Waals surface area contributed by atoms with Crippen LogP contribution in [0.1, 0.15) is 11.4 Å². The second-order valence-corrected chi connectivity index (χ2v) is 3.06. The molecule has 0 unspecified atom stereocenters. The summed E-state index contributed by atoms with van der Waals surface area (Å²) in [5.41, 5.74) is 2.19. The fraction of sp³-hybridized carbons (Fsp3) is 0. The molecule has 0 saturated carbocycles. The van der Waals surface area contributed by atoms with Crippen LogP contribution in [0.2, 0.25) is 0 Å². The number of hydrogen-bond donors (Lipinski definition) is 0. The fourth-order valence-electron chi connectivity index (χ4n) is 1.27. The summed E-state index contributed by atoms with van der Waals surface area (Å²) in [6, 6.07) is 12.5. The van der Waals surface area contributed by atoms with Crippen LogP contribution in [-0.4, -0.2) is 9.97 Å². The van der Waals surface area contributed by atoms with Gasteiger partial charge in [0, 0.05) is 11.8 Å². The zero-order valence-corrected chi connectivity index (χ0v) is 8.25. The highest BCUT2D eigenvalue weighted by Gasteiger charge is 2.01. The SMILES string of the molecule is N#Cc1ccc(-c2cccc(C#N)n2)cn1. The molecule has 0 fully saturated rings. The van der Waals surface area contributed by atoms with Gasteiger partial charge in [0.05, 0.1) is 5.69 Å². The lowest BCUT2D eigenvalue weighted by Crippen LogP contribution is -1.89. The van der Waals surface area contributed by atoms with Gasteiger partial charge in [-0.2, -0.15) is 10.5 Å². The molecule has 0 atom stereocenters. The minimum atomic E-state index is 0.361. The molecule has 0 aliphatic heterocycles. The van der Waals surface area contributed by atoms with E-state index in [0.717, 1.165) is 5.56 Å². The van der Waals surface area contributed by atoms with E-state index in [0.29, 0.717) is 17.1 Å². The van der Waals surface area contributed by atoms with E-state index in [1.165, 1.54) is 0 Å². The fourth-order valence-corrected chi connectivity index (χ4v) is 1.27. The molecule has 0 aliphatic rings. The Balaban J connectivity index is 2.44. The summed E-state index contributed by atoms with van der Waals surface area (Å²) in [5.74, 6) is 0. The maximum atomic E-state index is 8.72. The number of pyridine rings is 2. The summed E-state index contributed by atoms with van der Waals surface area (Å²) in [5, 5.41) is 17.3. The molecule has 0 bridgehead atoms. The minimum Gasteiger partial charge on any atom is -0.245 e. The molecule has 74 valence electrons. The van der Waals surface area contributed by atoms with E-state index >= 15 is 0 Å². The van der Waals surface area contributed by atoms with Gasteiger partial charge in [-0.05, 0) is 24.3 Å². The first kappa shape index (κ1) is 9.82. The topological polar surface area (TPSA) is 73.4 Å². The Morgan fingerprint density at radius 3 is 2.38 bits per heavy atom. The van der Waals surface area contributed by atoms with Crippen LogP contribution in [-0.2, 0) is 0 Å². The molecular weight excluding hydrogens is 200 g/mol. The van der Waals surface area contributed by atoms with Crippen LogP contribution in [0.25, 0.3) is 11.3 Å². The zero-order chi connectivity index (χ0) is 11.4. The summed E-state index contributed by atoms with van der Waals surface area (Å²) in [7, 11) is 0. The number of nitriles is 2. The van der Waals surface area contributed by atoms with Crippen LogP contribution in [0.5, 0.6) is 0 Å². The third-order valence-electron chi connectivity index (χ3n) is 2.04. The highest BCUT2D eigenvalue weighted by atomic mass is 14.7. The summed E-state index contributed by atoms with van der Waals surface area (Å²) >= 11 is 0. The van der Waals surface area contributed by atoms with Crippen molar-refractivity contribution < 1.29 is 0 Å². The third-order valence-corrected chi connectivity index (χ3v) is 2.04. The quantitative estimate of drug-likeness (QED) is 0.714. The lowest BCUT2D eigenvalue weighted by atomic mass is 10.1. The van der Waals surface area contributed by atoms with Gasteiger partial charge < -0.3 is 0 Å². The van der Waals surface area contributed by atoms with Crippen molar-refractivity contribution in [3.63, 3.8) is 0 Å². The van der Waals surface area contributed by atoms with Crippen LogP contribution in [0.15, 0.2) is 36.5 Å². The number of hydrogen-bond acceptors (Lipinski definition) is 4. The molecule has 0 aromatic carbocycles. The van der Waals surface area contributed by atoms with Crippen molar-refractivity contribution in [3.05, 3.63) is 47.9 Å². The molecule has 0 saturated heterocycles. The van der Waals surface area contributed by atoms with Gasteiger partial charge in [-0.25, -0.2) is 9.97 Å². The maximum Gasteiger partial charge on any atom is 0.141 e. The Morgan fingerprint density at radius 2 is 1.75 bits per heavy atom. The molecule has 4 nitrogen and oxygen atoms in total. The molecule has 2 aromatic rings. The van der Waals surface area contributed by atoms with Crippen LogP contribution < -0.4 is 0 Å². The Hall–Kier alpha value is -2.72. The van der Waals surface area contributed by atoms with Gasteiger partial charge in [-0.15, -0.1) is 0 Å². The molecular formula is C12H6N4. The van der Waals surface area contributed by atoms with Gasteiger partial charge in [0.15, 0.2) is 0 Å². The van der Waals surface area contributed by atoms with Crippen molar-refractivity contribution in [2.75, 3.05) is 0 Å². The molecule has 0 amide bonds. The van der Waals surface area contributed by atoms with Crippen LogP contribution in [0, 0.1) is 22.7 Å². The maximum absolute atomic E-state index is 8.72. The number of rotatable bonds is 1. The summed E-state index contributed by atoms with van der Waals surface area (Å²) in [6.07, 6.45) is 1.57. The molecule has 4 heteroatoms. The van der Waals surface area contributed by atoms with Gasteiger partial charge >= 0.3 is 0 Å². The van der Waals surface area contributed by atoms with E-state index in [1.807, 2.05) is 12.1 Å². The highest BCUT2D eigenvalue weighted by molar-refractivity contribution is 5.58. The first-order valence-corrected chi connectivity index (χ1v) is 4.57. The first-order valence-electron chi connectivity index (χ1n) is 4.57. The van der Waals surface area contributed by atoms with Crippen molar-refractivity contribution in [2.24, 2.45) is 0 Å². The summed E-state index contributed by atoms with van der Waals surface area (Å²) in [6.45, 7) is 0. The lowest BCUT2D eigenvalue weighted by Gasteiger charge is -1.99. The van der Waals surface area contributed by atoms with Crippen molar-refractivity contribution in [3.8, 4) is 23.4 Å². The van der Waals surface area contributed by atoms with Crippen LogP contribution in [0.4, 0.5) is 0 Å². The van der Waals surface area contributed by atoms with Crippen molar-refractivity contribution in [2.45, 2.75) is 0 Å². The second kappa shape index (κ2) is 4.20. The lowest BCUT2D eigenvalue weighted by molar-refractivity contribution is 1.23. The highest BCUT2D eigenvalue weighted by Crippen LogP contribution is 2.15. The standard InChI is InChI=1S/C12H6N4/c13-6-10-5-4-9(8-15-10)12-3-1-2-11(7-14)16-12/h1-5,8H. The normalized spacial score (nSPS) is 9.12. The van der Waals surface area contributed by atoms with Crippen molar-refractivity contribution in [1.29, 1.82) is 10.5 Å². The Morgan fingerprint density at radius 1 is 0.938 bits per heavy atom. The number of nitrogens with zero attached hydrogens (tertiary/aromatic N) is 4. The largest absolute Gasteiger partial charge is 0.245 e. The third kappa shape index (κ3) is 1.87. The van der Waals surface area contributed by atoms with Gasteiger partial charge in [-0.1, -0.05) is 6.07 Å². The van der Waals surface area contributed by atoms with Gasteiger partial charge in [0.1, 0.15) is 23.5 Å². The van der Waals surface area contributed by atoms with E-state index in [1.54, 1.807) is 36.5 Å². The van der Waals surface area contributed by atoms with Crippen LogP contribution >= 0.6 is 0 Å². The molecule has 0 spiro atoms. The average molecular weight is 206 g/mol. The summed E-state index contributed by atoms with van der Waals surface area (Å²) in [4.78, 5) is 8.08. The summed E-state index contributed by atoms with van der Waals surface area (Å²) < 4.78 is 0. The molecule has 2 rings (SSSR count). The van der Waals surface area contributed by atoms with Crippen molar-refractivity contribution >= 4 is 0 Å². The van der Waals surface area contributed by atoms with Gasteiger partial charge in [0.25, 0.3) is 0 Å². The molecule has 2 aromatic heterocycles. The monoisotopic (exact) mass is 206 g/mol. The van der Waals surface area contributed by atoms with Crippen LogP contribution in [0.3, 0.4) is 0 Å². The zero-order valence-electron chi connectivity index (χ0n) is 8.25. The molecule has 0 radical (unpaired) electrons. The van der Waals surface area contributed by atoms with Gasteiger partial charge in [-0.3, -0.25) is 0 Å². The molecule has 16 heavy (non-hydrogen) atoms. The second-order valence-electron chi connectivity index (χ2n) is 3.06. The van der Waals surface area contributed by atoms with E-state index in [9.17, 15) is 0 Å². The average Bonchev–Trinajstić information content (AvgIpc) is 2.39. The van der Waals surface area contributed by atoms with Crippen molar-refractivity contribution in [1.82, 2.24) is 9.97 Å². The van der Waals surface area contributed by atoms with E-state index < -0.39 is 0 Å². The Kier molecular flexibility index (Phi) is 2.58. The molecule has 0 aliphatic carbocycles. The first-order chi connectivity index (χ1) is 7.83. The Bertz CT molecular complexity index is 588. The smallest absolute Gasteiger partial charge is 0.141 e.